The topological polar surface area (TPSA) is 54.7 Å². The molecule has 0 bridgehead atoms. The number of halogens is 1. The highest BCUT2D eigenvalue weighted by Gasteiger charge is 2.05. The summed E-state index contributed by atoms with van der Waals surface area (Å²) in [6.07, 6.45) is 0.588. The Hall–Kier alpha value is -2.20. The second kappa shape index (κ2) is 4.82. The first kappa shape index (κ1) is 11.9. The predicted octanol–water partition coefficient (Wildman–Crippen LogP) is 2.75. The fourth-order valence-electron chi connectivity index (χ4n) is 2.16. The van der Waals surface area contributed by atoms with Gasteiger partial charge in [-0.3, -0.25) is 0 Å². The van der Waals surface area contributed by atoms with Gasteiger partial charge in [0, 0.05) is 13.0 Å². The first-order chi connectivity index (χ1) is 9.24. The predicted molar refractivity (Wildman–Crippen MR) is 73.2 cm³/mol. The van der Waals surface area contributed by atoms with Gasteiger partial charge >= 0.3 is 0 Å². The van der Waals surface area contributed by atoms with Crippen molar-refractivity contribution in [1.29, 1.82) is 0 Å². The fourth-order valence-corrected chi connectivity index (χ4v) is 2.16. The number of H-pyrrole nitrogens is 1. The normalized spacial score (nSPS) is 11.1. The Balaban J connectivity index is 1.93. The van der Waals surface area contributed by atoms with Crippen molar-refractivity contribution in [3.8, 4) is 0 Å². The van der Waals surface area contributed by atoms with Crippen molar-refractivity contribution in [2.24, 2.45) is 5.73 Å². The van der Waals surface area contributed by atoms with Crippen LogP contribution in [0.25, 0.3) is 11.0 Å². The van der Waals surface area contributed by atoms with Crippen molar-refractivity contribution in [3.63, 3.8) is 0 Å². The Morgan fingerprint density at radius 2 is 2.00 bits per heavy atom. The molecule has 1 heterocycles. The molecule has 2 aromatic carbocycles. The van der Waals surface area contributed by atoms with Crippen LogP contribution in [0, 0.1) is 5.82 Å². The minimum absolute atomic E-state index is 0.223. The zero-order chi connectivity index (χ0) is 13.2. The van der Waals surface area contributed by atoms with E-state index in [0.29, 0.717) is 13.0 Å². The van der Waals surface area contributed by atoms with Gasteiger partial charge in [-0.1, -0.05) is 18.2 Å². The average molecular weight is 255 g/mol. The SMILES string of the molecule is NCc1ccc2nc(Cc3cccc(F)c3)[nH]c2c1. The van der Waals surface area contributed by atoms with Gasteiger partial charge < -0.3 is 10.7 Å². The molecule has 19 heavy (non-hydrogen) atoms. The molecular formula is C15H14FN3. The Kier molecular flexibility index (Phi) is 3.01. The molecule has 1 aromatic heterocycles. The lowest BCUT2D eigenvalue weighted by atomic mass is 10.1. The third-order valence-corrected chi connectivity index (χ3v) is 3.09. The van der Waals surface area contributed by atoms with Crippen molar-refractivity contribution in [2.45, 2.75) is 13.0 Å². The number of hydrogen-bond donors (Lipinski definition) is 2. The molecule has 3 N–H and O–H groups in total. The Morgan fingerprint density at radius 3 is 2.79 bits per heavy atom. The average Bonchev–Trinajstić information content (AvgIpc) is 2.79. The number of nitrogens with zero attached hydrogens (tertiary/aromatic N) is 1. The fraction of sp³-hybridized carbons (Fsp3) is 0.133. The number of fused-ring (bicyclic) bond motifs is 1. The summed E-state index contributed by atoms with van der Waals surface area (Å²) in [5.41, 5.74) is 9.45. The van der Waals surface area contributed by atoms with Crippen LogP contribution in [0.4, 0.5) is 4.39 Å². The third-order valence-electron chi connectivity index (χ3n) is 3.09. The lowest BCUT2D eigenvalue weighted by Gasteiger charge is -1.97. The molecule has 4 heteroatoms. The first-order valence-corrected chi connectivity index (χ1v) is 6.16. The van der Waals surface area contributed by atoms with Gasteiger partial charge in [-0.2, -0.15) is 0 Å². The zero-order valence-electron chi connectivity index (χ0n) is 10.4. The molecule has 3 rings (SSSR count). The van der Waals surface area contributed by atoms with E-state index in [9.17, 15) is 4.39 Å². The minimum atomic E-state index is -0.223. The van der Waals surface area contributed by atoms with E-state index in [1.54, 1.807) is 6.07 Å². The molecule has 0 spiro atoms. The van der Waals surface area contributed by atoms with Crippen LogP contribution in [0.2, 0.25) is 0 Å². The van der Waals surface area contributed by atoms with E-state index in [1.165, 1.54) is 12.1 Å². The second-order valence-electron chi connectivity index (χ2n) is 4.55. The maximum absolute atomic E-state index is 13.1. The number of nitrogens with one attached hydrogen (secondary N) is 1. The summed E-state index contributed by atoms with van der Waals surface area (Å²) >= 11 is 0. The summed E-state index contributed by atoms with van der Waals surface area (Å²) < 4.78 is 13.1. The minimum Gasteiger partial charge on any atom is -0.342 e. The number of aromatic amines is 1. The van der Waals surface area contributed by atoms with E-state index in [1.807, 2.05) is 24.3 Å². The number of nitrogens with two attached hydrogens (primary N) is 1. The van der Waals surface area contributed by atoms with Gasteiger partial charge in [0.05, 0.1) is 11.0 Å². The van der Waals surface area contributed by atoms with Gasteiger partial charge in [-0.15, -0.1) is 0 Å². The lowest BCUT2D eigenvalue weighted by Crippen LogP contribution is -1.95. The maximum Gasteiger partial charge on any atom is 0.123 e. The Labute approximate surface area is 110 Å². The van der Waals surface area contributed by atoms with Crippen molar-refractivity contribution in [3.05, 3.63) is 65.2 Å². The quantitative estimate of drug-likeness (QED) is 0.756. The molecule has 0 aliphatic rings. The van der Waals surface area contributed by atoms with Crippen LogP contribution in [-0.2, 0) is 13.0 Å². The molecule has 3 nitrogen and oxygen atoms in total. The van der Waals surface area contributed by atoms with Crippen molar-refractivity contribution < 1.29 is 4.39 Å². The van der Waals surface area contributed by atoms with E-state index >= 15 is 0 Å². The summed E-state index contributed by atoms with van der Waals surface area (Å²) in [5.74, 6) is 0.605. The molecule has 0 aliphatic carbocycles. The highest BCUT2D eigenvalue weighted by atomic mass is 19.1. The molecule has 0 saturated heterocycles. The summed E-state index contributed by atoms with van der Waals surface area (Å²) in [7, 11) is 0. The van der Waals surface area contributed by atoms with Gasteiger partial charge in [-0.05, 0) is 35.4 Å². The van der Waals surface area contributed by atoms with E-state index in [0.717, 1.165) is 28.0 Å². The maximum atomic E-state index is 13.1. The van der Waals surface area contributed by atoms with Crippen LogP contribution >= 0.6 is 0 Å². The molecule has 0 amide bonds. The number of hydrogen-bond acceptors (Lipinski definition) is 2. The summed E-state index contributed by atoms with van der Waals surface area (Å²) in [6, 6.07) is 12.5. The molecule has 0 unspecified atom stereocenters. The smallest absolute Gasteiger partial charge is 0.123 e. The molecular weight excluding hydrogens is 241 g/mol. The van der Waals surface area contributed by atoms with Gasteiger partial charge in [-0.25, -0.2) is 9.37 Å². The second-order valence-corrected chi connectivity index (χ2v) is 4.55. The van der Waals surface area contributed by atoms with Crippen LogP contribution in [0.15, 0.2) is 42.5 Å². The van der Waals surface area contributed by atoms with Crippen LogP contribution in [-0.4, -0.2) is 9.97 Å². The summed E-state index contributed by atoms with van der Waals surface area (Å²) in [4.78, 5) is 7.74. The van der Waals surface area contributed by atoms with Crippen LogP contribution in [0.5, 0.6) is 0 Å². The van der Waals surface area contributed by atoms with Gasteiger partial charge in [0.2, 0.25) is 0 Å². The number of imidazole rings is 1. The number of rotatable bonds is 3. The van der Waals surface area contributed by atoms with Gasteiger partial charge in [0.1, 0.15) is 11.6 Å². The van der Waals surface area contributed by atoms with Crippen LogP contribution < -0.4 is 5.73 Å². The van der Waals surface area contributed by atoms with E-state index < -0.39 is 0 Å². The van der Waals surface area contributed by atoms with Crippen LogP contribution in [0.1, 0.15) is 17.0 Å². The zero-order valence-corrected chi connectivity index (χ0v) is 10.4. The lowest BCUT2D eigenvalue weighted by molar-refractivity contribution is 0.626. The Bertz CT molecular complexity index is 718. The molecule has 0 atom stereocenters. The highest BCUT2D eigenvalue weighted by Crippen LogP contribution is 2.16. The van der Waals surface area contributed by atoms with Gasteiger partial charge in [0.25, 0.3) is 0 Å². The van der Waals surface area contributed by atoms with Crippen molar-refractivity contribution in [1.82, 2.24) is 9.97 Å². The number of benzene rings is 2. The summed E-state index contributed by atoms with van der Waals surface area (Å²) in [6.45, 7) is 0.508. The summed E-state index contributed by atoms with van der Waals surface area (Å²) in [5, 5.41) is 0. The molecule has 0 fully saturated rings. The third kappa shape index (κ3) is 2.48. The molecule has 3 aromatic rings. The molecule has 96 valence electrons. The molecule has 0 aliphatic heterocycles. The first-order valence-electron chi connectivity index (χ1n) is 6.16. The van der Waals surface area contributed by atoms with Crippen LogP contribution in [0.3, 0.4) is 0 Å². The van der Waals surface area contributed by atoms with E-state index in [4.69, 9.17) is 5.73 Å². The van der Waals surface area contributed by atoms with Crippen molar-refractivity contribution in [2.75, 3.05) is 0 Å². The monoisotopic (exact) mass is 255 g/mol. The van der Waals surface area contributed by atoms with Gasteiger partial charge in [0.15, 0.2) is 0 Å². The highest BCUT2D eigenvalue weighted by molar-refractivity contribution is 5.75. The Morgan fingerprint density at radius 1 is 1.11 bits per heavy atom. The van der Waals surface area contributed by atoms with E-state index in [2.05, 4.69) is 9.97 Å². The van der Waals surface area contributed by atoms with Crippen molar-refractivity contribution >= 4 is 11.0 Å². The molecule has 0 radical (unpaired) electrons. The standard InChI is InChI=1S/C15H14FN3/c16-12-3-1-2-10(6-12)8-15-18-13-5-4-11(9-17)7-14(13)19-15/h1-7H,8-9,17H2,(H,18,19). The van der Waals surface area contributed by atoms with E-state index in [-0.39, 0.29) is 5.82 Å². The largest absolute Gasteiger partial charge is 0.342 e. The molecule has 0 saturated carbocycles. The number of aromatic nitrogens is 2.